The zero-order chi connectivity index (χ0) is 18.3. The SMILES string of the molecule is CC(C)OCCNC(=O)C(C)(C)COCC(C)(C)C(=O)C(C)C. The lowest BCUT2D eigenvalue weighted by molar-refractivity contribution is -0.137. The molecule has 0 aromatic heterocycles. The Morgan fingerprint density at radius 2 is 1.48 bits per heavy atom. The van der Waals surface area contributed by atoms with Crippen LogP contribution in [0.4, 0.5) is 0 Å². The molecule has 0 aliphatic rings. The smallest absolute Gasteiger partial charge is 0.228 e. The molecule has 0 saturated carbocycles. The van der Waals surface area contributed by atoms with Crippen molar-refractivity contribution in [1.29, 1.82) is 0 Å². The maximum atomic E-state index is 12.2. The van der Waals surface area contributed by atoms with Crippen LogP contribution in [0.1, 0.15) is 55.4 Å². The Labute approximate surface area is 141 Å². The number of Topliss-reactive ketones (excluding diaryl/α,β-unsaturated/α-hetero) is 1. The van der Waals surface area contributed by atoms with Crippen molar-refractivity contribution in [1.82, 2.24) is 5.32 Å². The Bertz CT molecular complexity index is 386. The van der Waals surface area contributed by atoms with Crippen LogP contribution in [0.15, 0.2) is 0 Å². The van der Waals surface area contributed by atoms with Gasteiger partial charge in [0.05, 0.1) is 31.3 Å². The van der Waals surface area contributed by atoms with Gasteiger partial charge in [-0.2, -0.15) is 0 Å². The summed E-state index contributed by atoms with van der Waals surface area (Å²) in [6.07, 6.45) is 0.156. The second-order valence-corrected chi connectivity index (χ2v) is 7.95. The molecule has 0 spiro atoms. The maximum Gasteiger partial charge on any atom is 0.228 e. The van der Waals surface area contributed by atoms with Crippen molar-refractivity contribution in [2.75, 3.05) is 26.4 Å². The van der Waals surface area contributed by atoms with E-state index in [0.29, 0.717) is 19.8 Å². The summed E-state index contributed by atoms with van der Waals surface area (Å²) >= 11 is 0. The highest BCUT2D eigenvalue weighted by molar-refractivity contribution is 5.85. The van der Waals surface area contributed by atoms with E-state index in [1.165, 1.54) is 0 Å². The van der Waals surface area contributed by atoms with Gasteiger partial charge in [-0.05, 0) is 27.7 Å². The van der Waals surface area contributed by atoms with Crippen LogP contribution in [0, 0.1) is 16.7 Å². The predicted molar refractivity (Wildman–Crippen MR) is 92.3 cm³/mol. The summed E-state index contributed by atoms with van der Waals surface area (Å²) in [4.78, 5) is 24.3. The Hall–Kier alpha value is -0.940. The third-order valence-corrected chi connectivity index (χ3v) is 3.57. The van der Waals surface area contributed by atoms with Gasteiger partial charge in [0, 0.05) is 17.9 Å². The lowest BCUT2D eigenvalue weighted by Gasteiger charge is -2.28. The van der Waals surface area contributed by atoms with Crippen molar-refractivity contribution < 1.29 is 19.1 Å². The van der Waals surface area contributed by atoms with Crippen molar-refractivity contribution in [2.45, 2.75) is 61.5 Å². The van der Waals surface area contributed by atoms with Gasteiger partial charge in [0.2, 0.25) is 5.91 Å². The number of rotatable bonds is 11. The fraction of sp³-hybridized carbons (Fsp3) is 0.889. The molecule has 136 valence electrons. The Balaban J connectivity index is 4.26. The van der Waals surface area contributed by atoms with E-state index in [0.717, 1.165) is 0 Å². The van der Waals surface area contributed by atoms with Crippen LogP contribution in [-0.2, 0) is 19.1 Å². The first-order valence-corrected chi connectivity index (χ1v) is 8.42. The molecule has 23 heavy (non-hydrogen) atoms. The molecule has 5 nitrogen and oxygen atoms in total. The van der Waals surface area contributed by atoms with Gasteiger partial charge >= 0.3 is 0 Å². The van der Waals surface area contributed by atoms with E-state index < -0.39 is 10.8 Å². The van der Waals surface area contributed by atoms with Gasteiger partial charge in [-0.25, -0.2) is 0 Å². The summed E-state index contributed by atoms with van der Waals surface area (Å²) in [5, 5.41) is 2.86. The quantitative estimate of drug-likeness (QED) is 0.592. The molecule has 0 aromatic carbocycles. The summed E-state index contributed by atoms with van der Waals surface area (Å²) in [5.41, 5.74) is -1.18. The van der Waals surface area contributed by atoms with Crippen molar-refractivity contribution in [2.24, 2.45) is 16.7 Å². The van der Waals surface area contributed by atoms with Crippen LogP contribution in [0.3, 0.4) is 0 Å². The highest BCUT2D eigenvalue weighted by Gasteiger charge is 2.32. The van der Waals surface area contributed by atoms with Crippen LogP contribution >= 0.6 is 0 Å². The molecule has 0 rings (SSSR count). The molecule has 0 bridgehead atoms. The monoisotopic (exact) mass is 329 g/mol. The fourth-order valence-corrected chi connectivity index (χ4v) is 2.18. The van der Waals surface area contributed by atoms with E-state index in [4.69, 9.17) is 9.47 Å². The van der Waals surface area contributed by atoms with E-state index >= 15 is 0 Å². The lowest BCUT2D eigenvalue weighted by Crippen LogP contribution is -2.42. The number of nitrogens with one attached hydrogen (secondary N) is 1. The molecule has 0 aromatic rings. The second kappa shape index (κ2) is 9.38. The van der Waals surface area contributed by atoms with E-state index in [1.54, 1.807) is 0 Å². The van der Waals surface area contributed by atoms with Crippen molar-refractivity contribution >= 4 is 11.7 Å². The molecule has 0 heterocycles. The van der Waals surface area contributed by atoms with Crippen LogP contribution in [0.5, 0.6) is 0 Å². The van der Waals surface area contributed by atoms with Crippen molar-refractivity contribution in [3.8, 4) is 0 Å². The summed E-state index contributed by atoms with van der Waals surface area (Å²) in [6, 6.07) is 0. The van der Waals surface area contributed by atoms with Gasteiger partial charge in [0.1, 0.15) is 5.78 Å². The number of hydrogen-bond acceptors (Lipinski definition) is 4. The molecule has 0 saturated heterocycles. The van der Waals surface area contributed by atoms with Gasteiger partial charge in [-0.3, -0.25) is 9.59 Å². The number of hydrogen-bond donors (Lipinski definition) is 1. The summed E-state index contributed by atoms with van der Waals surface area (Å²) in [7, 11) is 0. The Morgan fingerprint density at radius 1 is 0.957 bits per heavy atom. The zero-order valence-electron chi connectivity index (χ0n) is 16.1. The summed E-state index contributed by atoms with van der Waals surface area (Å²) in [6.45, 7) is 16.7. The topological polar surface area (TPSA) is 64.6 Å². The van der Waals surface area contributed by atoms with Crippen LogP contribution in [0.25, 0.3) is 0 Å². The number of ether oxygens (including phenoxy) is 2. The molecular weight excluding hydrogens is 294 g/mol. The average Bonchev–Trinajstić information content (AvgIpc) is 2.41. The number of carbonyl (C=O) groups is 2. The van der Waals surface area contributed by atoms with Gasteiger partial charge in [0.25, 0.3) is 0 Å². The standard InChI is InChI=1S/C18H35NO4/c1-13(2)15(20)17(5,6)11-22-12-18(7,8)16(21)19-9-10-23-14(3)4/h13-14H,9-12H2,1-8H3,(H,19,21). The maximum absolute atomic E-state index is 12.2. The van der Waals surface area contributed by atoms with E-state index in [9.17, 15) is 9.59 Å². The molecule has 0 atom stereocenters. The van der Waals surface area contributed by atoms with E-state index in [2.05, 4.69) is 5.32 Å². The first-order valence-electron chi connectivity index (χ1n) is 8.42. The molecule has 5 heteroatoms. The third-order valence-electron chi connectivity index (χ3n) is 3.57. The number of ketones is 1. The van der Waals surface area contributed by atoms with E-state index in [1.807, 2.05) is 55.4 Å². The van der Waals surface area contributed by atoms with Crippen molar-refractivity contribution in [3.63, 3.8) is 0 Å². The average molecular weight is 329 g/mol. The minimum Gasteiger partial charge on any atom is -0.379 e. The van der Waals surface area contributed by atoms with Crippen LogP contribution in [-0.4, -0.2) is 44.2 Å². The molecule has 0 aliphatic heterocycles. The first kappa shape index (κ1) is 22.1. The normalized spacial score (nSPS) is 12.8. The molecule has 0 radical (unpaired) electrons. The van der Waals surface area contributed by atoms with Gasteiger partial charge < -0.3 is 14.8 Å². The molecule has 1 amide bonds. The summed E-state index contributed by atoms with van der Waals surface area (Å²) in [5.74, 6) is 0.0781. The molecule has 1 N–H and O–H groups in total. The fourth-order valence-electron chi connectivity index (χ4n) is 2.18. The number of carbonyl (C=O) groups excluding carboxylic acids is 2. The third kappa shape index (κ3) is 8.47. The number of amides is 1. The predicted octanol–water partition coefficient (Wildman–Crippen LogP) is 2.82. The first-order chi connectivity index (χ1) is 10.4. The second-order valence-electron chi connectivity index (χ2n) is 7.95. The van der Waals surface area contributed by atoms with Crippen LogP contribution < -0.4 is 5.32 Å². The largest absolute Gasteiger partial charge is 0.379 e. The Morgan fingerprint density at radius 3 is 1.96 bits per heavy atom. The van der Waals surface area contributed by atoms with Gasteiger partial charge in [-0.1, -0.05) is 27.7 Å². The minimum absolute atomic E-state index is 0.0223. The molecule has 0 unspecified atom stereocenters. The van der Waals surface area contributed by atoms with Crippen molar-refractivity contribution in [3.05, 3.63) is 0 Å². The minimum atomic E-state index is -0.644. The summed E-state index contributed by atoms with van der Waals surface area (Å²) < 4.78 is 11.1. The highest BCUT2D eigenvalue weighted by Crippen LogP contribution is 2.23. The molecular formula is C18H35NO4. The Kier molecular flexibility index (Phi) is 9.00. The van der Waals surface area contributed by atoms with Gasteiger partial charge in [0.15, 0.2) is 0 Å². The lowest BCUT2D eigenvalue weighted by atomic mass is 9.83. The van der Waals surface area contributed by atoms with E-state index in [-0.39, 0.29) is 30.3 Å². The zero-order valence-corrected chi connectivity index (χ0v) is 16.1. The van der Waals surface area contributed by atoms with Gasteiger partial charge in [-0.15, -0.1) is 0 Å². The molecule has 0 aliphatic carbocycles. The van der Waals surface area contributed by atoms with Crippen LogP contribution in [0.2, 0.25) is 0 Å². The highest BCUT2D eigenvalue weighted by atomic mass is 16.5. The molecule has 0 fully saturated rings.